The molecule has 0 radical (unpaired) electrons. The minimum Gasteiger partial charge on any atom is -0.493 e. The molecular weight excluding hydrogens is 1040 g/mol. The molecule has 2 N–H and O–H groups in total. The summed E-state index contributed by atoms with van der Waals surface area (Å²) >= 11 is 7.94. The maximum atomic E-state index is 9.40. The molecule has 0 heterocycles. The zero-order valence-corrected chi connectivity index (χ0v) is 47.3. The van der Waals surface area contributed by atoms with E-state index in [4.69, 9.17) is 37.9 Å². The van der Waals surface area contributed by atoms with Crippen LogP contribution in [0.1, 0.15) is 175 Å². The van der Waals surface area contributed by atoms with E-state index in [1.807, 2.05) is 0 Å². The summed E-state index contributed by atoms with van der Waals surface area (Å²) in [7, 11) is 0. The fourth-order valence-electron chi connectivity index (χ4n) is 9.23. The molecule has 12 heteroatoms. The first-order chi connectivity index (χ1) is 35.3. The molecule has 4 aromatic rings. The van der Waals surface area contributed by atoms with Gasteiger partial charge in [-0.1, -0.05) is 137 Å². The molecule has 0 saturated carbocycles. The number of aliphatic hydroxyl groups excluding tert-OH is 2. The van der Waals surface area contributed by atoms with Gasteiger partial charge in [0.05, 0.1) is 66.1 Å². The van der Waals surface area contributed by atoms with Gasteiger partial charge in [-0.05, 0) is 74.2 Å². The van der Waals surface area contributed by atoms with Gasteiger partial charge in [-0.3, -0.25) is 0 Å². The molecule has 0 fully saturated rings. The van der Waals surface area contributed by atoms with Crippen LogP contribution in [0.5, 0.6) is 34.5 Å². The van der Waals surface area contributed by atoms with Crippen molar-refractivity contribution in [3.8, 4) is 34.5 Å². The van der Waals surface area contributed by atoms with Gasteiger partial charge in [0.25, 0.3) is 0 Å². The van der Waals surface area contributed by atoms with Crippen LogP contribution < -0.4 is 28.4 Å². The minimum atomic E-state index is -0.0391. The van der Waals surface area contributed by atoms with Gasteiger partial charge >= 0.3 is 0 Å². The summed E-state index contributed by atoms with van der Waals surface area (Å²) in [6.45, 7) is 13.1. The first kappa shape index (κ1) is 59.4. The summed E-state index contributed by atoms with van der Waals surface area (Å²) in [6, 6.07) is 17.3. The van der Waals surface area contributed by atoms with E-state index < -0.39 is 0 Å². The normalized spacial score (nSPS) is 12.2. The second-order valence-electron chi connectivity index (χ2n) is 19.0. The van der Waals surface area contributed by atoms with Crippen molar-refractivity contribution in [3.05, 3.63) is 102 Å². The predicted molar refractivity (Wildman–Crippen MR) is 298 cm³/mol. The van der Waals surface area contributed by atoms with E-state index in [9.17, 15) is 10.2 Å². The Balaban J connectivity index is 1.80. The lowest BCUT2D eigenvalue weighted by molar-refractivity contribution is 0.0704. The van der Waals surface area contributed by atoms with Gasteiger partial charge < -0.3 is 48.1 Å². The van der Waals surface area contributed by atoms with Gasteiger partial charge in [-0.25, -0.2) is 0 Å². The van der Waals surface area contributed by atoms with E-state index in [-0.39, 0.29) is 26.4 Å². The van der Waals surface area contributed by atoms with Crippen LogP contribution in [-0.4, -0.2) is 89.5 Å². The summed E-state index contributed by atoms with van der Waals surface area (Å²) in [5.41, 5.74) is 8.22. The Morgan fingerprint density at radius 1 is 0.319 bits per heavy atom. The lowest BCUT2D eigenvalue weighted by atomic mass is 9.91. The average molecular weight is 1130 g/mol. The predicted octanol–water partition coefficient (Wildman–Crippen LogP) is 14.5. The lowest BCUT2D eigenvalue weighted by Gasteiger charge is -2.24. The third kappa shape index (κ3) is 20.3. The van der Waals surface area contributed by atoms with Gasteiger partial charge in [0.15, 0.2) is 0 Å². The molecule has 4 aromatic carbocycles. The van der Waals surface area contributed by atoms with Crippen molar-refractivity contribution in [2.45, 2.75) is 156 Å². The fraction of sp³-hybridized carbons (Fsp3) is 0.600. The van der Waals surface area contributed by atoms with Crippen molar-refractivity contribution in [1.29, 1.82) is 0 Å². The van der Waals surface area contributed by atoms with Gasteiger partial charge in [-0.2, -0.15) is 0 Å². The molecule has 0 spiro atoms. The number of fused-ring (bicyclic) bond motifs is 8. The molecule has 10 nitrogen and oxygen atoms in total. The number of aliphatic hydroxyl groups is 2. The highest BCUT2D eigenvalue weighted by atomic mass is 79.9. The average Bonchev–Trinajstić information content (AvgIpc) is 3.36. The third-order valence-electron chi connectivity index (χ3n) is 12.8. The fourth-order valence-corrected chi connectivity index (χ4v) is 10.3. The number of ether oxygens (including phenoxy) is 8. The Hall–Kier alpha value is -3.52. The number of rotatable bonds is 36. The zero-order chi connectivity index (χ0) is 51.2. The van der Waals surface area contributed by atoms with Crippen molar-refractivity contribution >= 4 is 31.9 Å². The Morgan fingerprint density at radius 2 is 0.583 bits per heavy atom. The molecule has 72 heavy (non-hydrogen) atoms. The maximum Gasteiger partial charge on any atom is 0.126 e. The van der Waals surface area contributed by atoms with E-state index >= 15 is 0 Å². The highest BCUT2D eigenvalue weighted by Crippen LogP contribution is 2.43. The van der Waals surface area contributed by atoms with E-state index in [2.05, 4.69) is 108 Å². The third-order valence-corrected chi connectivity index (χ3v) is 13.7. The maximum absolute atomic E-state index is 9.40. The second kappa shape index (κ2) is 34.9. The standard InChI is InChI=1S/C60H86Br2O10/c1-5-9-13-17-23-69-57-45-33-49-41-55(67-31-29-65-27-21-63)43-51(59(49)71-25-19-15-11-7-3)35-47-39-54(62)40-48(58(47)70-24-18-14-10-6-2)36-52-44-56(68-32-30-66-28-22-64)42-50(34-46(57)38-53(61)37-45)60(52)72-26-20-16-12-8-4/h37-44,63-64H,5-36H2,1-4H3. The van der Waals surface area contributed by atoms with Crippen molar-refractivity contribution in [2.24, 2.45) is 0 Å². The summed E-state index contributed by atoms with van der Waals surface area (Å²) in [5, 5.41) is 18.8. The van der Waals surface area contributed by atoms with Gasteiger partial charge in [0.2, 0.25) is 0 Å². The molecule has 5 rings (SSSR count). The highest BCUT2D eigenvalue weighted by Gasteiger charge is 2.25. The molecule has 0 aromatic heterocycles. The molecule has 0 unspecified atom stereocenters. The quantitative estimate of drug-likeness (QED) is 0.0376. The summed E-state index contributed by atoms with van der Waals surface area (Å²) in [5.74, 6) is 4.92. The van der Waals surface area contributed by atoms with Crippen LogP contribution in [0, 0.1) is 0 Å². The Kier molecular flexibility index (Phi) is 28.7. The molecule has 400 valence electrons. The van der Waals surface area contributed by atoms with E-state index in [0.29, 0.717) is 78.5 Å². The Labute approximate surface area is 449 Å². The number of unbranched alkanes of at least 4 members (excludes halogenated alkanes) is 12. The zero-order valence-electron chi connectivity index (χ0n) is 44.2. The largest absolute Gasteiger partial charge is 0.493 e. The topological polar surface area (TPSA) is 114 Å². The monoisotopic (exact) mass is 1120 g/mol. The molecule has 8 bridgehead atoms. The molecule has 0 aliphatic heterocycles. The smallest absolute Gasteiger partial charge is 0.126 e. The summed E-state index contributed by atoms with van der Waals surface area (Å²) in [6.07, 6.45) is 19.5. The van der Waals surface area contributed by atoms with Crippen LogP contribution in [0.25, 0.3) is 0 Å². The Morgan fingerprint density at radius 3 is 0.833 bits per heavy atom. The van der Waals surface area contributed by atoms with Crippen LogP contribution in [-0.2, 0) is 35.2 Å². The molecule has 1 aliphatic rings. The molecule has 0 atom stereocenters. The Bertz CT molecular complexity index is 1910. The van der Waals surface area contributed by atoms with Gasteiger partial charge in [0.1, 0.15) is 47.7 Å². The van der Waals surface area contributed by atoms with Crippen LogP contribution in [0.2, 0.25) is 0 Å². The van der Waals surface area contributed by atoms with Crippen molar-refractivity contribution in [2.75, 3.05) is 79.3 Å². The highest BCUT2D eigenvalue weighted by molar-refractivity contribution is 9.10. The number of benzene rings is 4. The molecular formula is C60H86Br2O10. The summed E-state index contributed by atoms with van der Waals surface area (Å²) in [4.78, 5) is 0. The second-order valence-corrected chi connectivity index (χ2v) is 20.8. The first-order valence-electron chi connectivity index (χ1n) is 27.4. The minimum absolute atomic E-state index is 0.0391. The lowest BCUT2D eigenvalue weighted by Crippen LogP contribution is -2.13. The summed E-state index contributed by atoms with van der Waals surface area (Å²) < 4.78 is 54.3. The van der Waals surface area contributed by atoms with Crippen molar-refractivity contribution < 1.29 is 48.1 Å². The number of halogens is 2. The van der Waals surface area contributed by atoms with Crippen LogP contribution in [0.15, 0.2) is 57.5 Å². The molecule has 0 saturated heterocycles. The number of hydrogen-bond donors (Lipinski definition) is 2. The van der Waals surface area contributed by atoms with Gasteiger partial charge in [0, 0.05) is 79.1 Å². The molecule has 1 aliphatic carbocycles. The van der Waals surface area contributed by atoms with Crippen LogP contribution in [0.4, 0.5) is 0 Å². The van der Waals surface area contributed by atoms with Crippen molar-refractivity contribution in [1.82, 2.24) is 0 Å². The molecule has 0 amide bonds. The van der Waals surface area contributed by atoms with Crippen LogP contribution >= 0.6 is 31.9 Å². The van der Waals surface area contributed by atoms with E-state index in [0.717, 1.165) is 191 Å². The van der Waals surface area contributed by atoms with E-state index in [1.54, 1.807) is 0 Å². The first-order valence-corrected chi connectivity index (χ1v) is 29.0. The van der Waals surface area contributed by atoms with Gasteiger partial charge in [-0.15, -0.1) is 0 Å². The van der Waals surface area contributed by atoms with Crippen molar-refractivity contribution in [3.63, 3.8) is 0 Å². The SMILES string of the molecule is CCCCCCOc1c2cc(Br)cc1Cc1cc(OCCOCCO)cc(c1OCCCCCC)Cc1cc(Br)cc(c1OCCCCCC)Cc1cc(OCCOCCO)cc(c1OCCCCCC)C2. The number of hydrogen-bond acceptors (Lipinski definition) is 10. The van der Waals surface area contributed by atoms with Crippen LogP contribution in [0.3, 0.4) is 0 Å². The van der Waals surface area contributed by atoms with E-state index in [1.165, 1.54) is 0 Å².